The first kappa shape index (κ1) is 35.1. The van der Waals surface area contributed by atoms with E-state index in [-0.39, 0.29) is 22.3 Å². The van der Waals surface area contributed by atoms with Crippen LogP contribution in [0, 0.1) is 10.1 Å². The summed E-state index contributed by atoms with van der Waals surface area (Å²) in [6.45, 7) is 3.00. The maximum Gasteiger partial charge on any atom is 0.283 e. The third kappa shape index (κ3) is 8.71. The molecule has 1 amide bonds. The number of amides is 1. The standard InChI is InChI=1S/C35H31N5O6S4/c1-4-46-24-8-10-26-32(18-24)50-35(39-26)48-30-12-6-22(15-27(30)40(42)43)19-37-23-7-9-25-31(17-23)49-34(38-25)47-20-33(41)36-14-13-21-5-11-28(44-2)29(16-21)45-3/h5-12,15-19H,4,13-14,20H2,1-3H3,(H,36,41). The molecule has 0 atom stereocenters. The van der Waals surface area contributed by atoms with Crippen molar-refractivity contribution in [2.75, 3.05) is 33.1 Å². The lowest BCUT2D eigenvalue weighted by molar-refractivity contribution is -0.387. The number of carbonyl (C=O) groups excluding carboxylic acids is 1. The summed E-state index contributed by atoms with van der Waals surface area (Å²) in [6.07, 6.45) is 2.27. The Morgan fingerprint density at radius 2 is 1.70 bits per heavy atom. The number of nitrogens with one attached hydrogen (secondary N) is 1. The molecule has 50 heavy (non-hydrogen) atoms. The third-order valence-corrected chi connectivity index (χ3v) is 11.6. The molecule has 1 N–H and O–H groups in total. The number of hydrogen-bond donors (Lipinski definition) is 1. The second-order valence-corrected chi connectivity index (χ2v) is 15.2. The normalized spacial score (nSPS) is 11.3. The number of hydrogen-bond acceptors (Lipinski definition) is 13. The Morgan fingerprint density at radius 3 is 2.48 bits per heavy atom. The first-order chi connectivity index (χ1) is 24.3. The highest BCUT2D eigenvalue weighted by molar-refractivity contribution is 8.01. The molecule has 2 aromatic heterocycles. The SMILES string of the molecule is CCOc1ccc2nc(Sc3ccc(C=Nc4ccc5nc(SCC(=O)NCCc6ccc(OC)c(OC)c6)sc5c4)cc3[N+](=O)[O-])sc2c1. The highest BCUT2D eigenvalue weighted by Gasteiger charge is 2.18. The van der Waals surface area contributed by atoms with Crippen molar-refractivity contribution >= 4 is 90.1 Å². The maximum atomic E-state index is 12.5. The van der Waals surface area contributed by atoms with E-state index in [1.54, 1.807) is 32.6 Å². The van der Waals surface area contributed by atoms with Crippen LogP contribution in [0.1, 0.15) is 18.1 Å². The summed E-state index contributed by atoms with van der Waals surface area (Å²) in [5, 5.41) is 15.0. The molecule has 256 valence electrons. The summed E-state index contributed by atoms with van der Waals surface area (Å²) in [7, 11) is 3.19. The zero-order valence-corrected chi connectivity index (χ0v) is 30.5. The number of fused-ring (bicyclic) bond motifs is 2. The van der Waals surface area contributed by atoms with Gasteiger partial charge in [0.25, 0.3) is 5.69 Å². The number of benzene rings is 4. The molecule has 0 bridgehead atoms. The first-order valence-corrected chi connectivity index (χ1v) is 18.8. The molecule has 0 aliphatic carbocycles. The molecule has 0 unspecified atom stereocenters. The van der Waals surface area contributed by atoms with Crippen molar-refractivity contribution in [1.82, 2.24) is 15.3 Å². The quantitative estimate of drug-likeness (QED) is 0.0471. The van der Waals surface area contributed by atoms with Crippen LogP contribution >= 0.6 is 46.2 Å². The molecule has 6 rings (SSSR count). The molecular formula is C35H31N5O6S4. The van der Waals surface area contributed by atoms with Crippen LogP contribution in [0.5, 0.6) is 17.2 Å². The van der Waals surface area contributed by atoms with Crippen LogP contribution in [0.2, 0.25) is 0 Å². The van der Waals surface area contributed by atoms with Crippen LogP contribution in [0.15, 0.2) is 91.4 Å². The number of rotatable bonds is 15. The van der Waals surface area contributed by atoms with E-state index in [0.29, 0.717) is 51.6 Å². The van der Waals surface area contributed by atoms with Crippen LogP contribution in [-0.2, 0) is 11.2 Å². The summed E-state index contributed by atoms with van der Waals surface area (Å²) in [4.78, 5) is 38.5. The molecule has 11 nitrogen and oxygen atoms in total. The van der Waals surface area contributed by atoms with Crippen molar-refractivity contribution in [1.29, 1.82) is 0 Å². The Hall–Kier alpha value is -4.70. The number of thioether (sulfide) groups is 1. The summed E-state index contributed by atoms with van der Waals surface area (Å²) in [5.41, 5.74) is 3.94. The minimum absolute atomic E-state index is 0.0159. The number of nitrogens with zero attached hydrogens (tertiary/aromatic N) is 4. The Kier molecular flexibility index (Phi) is 11.5. The Bertz CT molecular complexity index is 2200. The largest absolute Gasteiger partial charge is 0.494 e. The number of ether oxygens (including phenoxy) is 3. The van der Waals surface area contributed by atoms with Crippen LogP contribution in [-0.4, -0.2) is 60.1 Å². The molecule has 0 aliphatic rings. The smallest absolute Gasteiger partial charge is 0.283 e. The van der Waals surface area contributed by atoms with Gasteiger partial charge in [0.2, 0.25) is 5.91 Å². The van der Waals surface area contributed by atoms with Crippen LogP contribution in [0.4, 0.5) is 11.4 Å². The number of nitro benzene ring substituents is 1. The fourth-order valence-corrected chi connectivity index (χ4v) is 8.93. The molecule has 4 aromatic carbocycles. The molecule has 6 aromatic rings. The van der Waals surface area contributed by atoms with Crippen molar-refractivity contribution in [3.05, 3.63) is 94.0 Å². The summed E-state index contributed by atoms with van der Waals surface area (Å²) < 4.78 is 19.6. The van der Waals surface area contributed by atoms with Gasteiger partial charge in [-0.2, -0.15) is 0 Å². The van der Waals surface area contributed by atoms with E-state index in [4.69, 9.17) is 14.2 Å². The minimum atomic E-state index is -0.388. The first-order valence-electron chi connectivity index (χ1n) is 15.4. The summed E-state index contributed by atoms with van der Waals surface area (Å²) in [6, 6.07) is 22.1. The van der Waals surface area contributed by atoms with Gasteiger partial charge in [-0.3, -0.25) is 19.9 Å². The van der Waals surface area contributed by atoms with E-state index in [1.807, 2.05) is 61.5 Å². The van der Waals surface area contributed by atoms with Gasteiger partial charge in [-0.25, -0.2) is 9.97 Å². The van der Waals surface area contributed by atoms with Gasteiger partial charge < -0.3 is 19.5 Å². The van der Waals surface area contributed by atoms with Crippen molar-refractivity contribution in [2.45, 2.75) is 26.9 Å². The van der Waals surface area contributed by atoms with Crippen molar-refractivity contribution in [2.24, 2.45) is 4.99 Å². The van der Waals surface area contributed by atoms with Gasteiger partial charge in [0.1, 0.15) is 5.75 Å². The van der Waals surface area contributed by atoms with Crippen LogP contribution in [0.3, 0.4) is 0 Å². The topological polar surface area (TPSA) is 138 Å². The number of aromatic nitrogens is 2. The van der Waals surface area contributed by atoms with Crippen molar-refractivity contribution in [3.8, 4) is 17.2 Å². The molecule has 2 heterocycles. The zero-order chi connectivity index (χ0) is 35.0. The molecule has 0 spiro atoms. The highest BCUT2D eigenvalue weighted by Crippen LogP contribution is 2.40. The van der Waals surface area contributed by atoms with Crippen LogP contribution < -0.4 is 19.5 Å². The lowest BCUT2D eigenvalue weighted by Crippen LogP contribution is -2.27. The number of carbonyl (C=O) groups is 1. The van der Waals surface area contributed by atoms with E-state index >= 15 is 0 Å². The fourth-order valence-electron chi connectivity index (χ4n) is 4.87. The maximum absolute atomic E-state index is 12.5. The van der Waals surface area contributed by atoms with Gasteiger partial charge in [-0.15, -0.1) is 22.7 Å². The van der Waals surface area contributed by atoms with Gasteiger partial charge in [0, 0.05) is 18.8 Å². The molecule has 15 heteroatoms. The second kappa shape index (κ2) is 16.3. The summed E-state index contributed by atoms with van der Waals surface area (Å²) >= 11 is 5.60. The van der Waals surface area contributed by atoms with Gasteiger partial charge in [0.05, 0.1) is 62.5 Å². The summed E-state index contributed by atoms with van der Waals surface area (Å²) in [5.74, 6) is 2.26. The van der Waals surface area contributed by atoms with Gasteiger partial charge in [-0.05, 0) is 79.1 Å². The molecule has 0 saturated heterocycles. The second-order valence-electron chi connectivity index (χ2n) is 10.6. The lowest BCUT2D eigenvalue weighted by atomic mass is 10.1. The average molecular weight is 746 g/mol. The number of nitro groups is 1. The van der Waals surface area contributed by atoms with E-state index in [0.717, 1.165) is 36.1 Å². The Labute approximate surface area is 304 Å². The van der Waals surface area contributed by atoms with Gasteiger partial charge >= 0.3 is 0 Å². The molecule has 0 fully saturated rings. The molecule has 0 aliphatic heterocycles. The molecule has 0 radical (unpaired) electrons. The fraction of sp³-hybridized carbons (Fsp3) is 0.200. The van der Waals surface area contributed by atoms with E-state index in [2.05, 4.69) is 20.3 Å². The van der Waals surface area contributed by atoms with E-state index in [9.17, 15) is 14.9 Å². The van der Waals surface area contributed by atoms with E-state index in [1.165, 1.54) is 52.3 Å². The third-order valence-electron chi connectivity index (χ3n) is 7.25. The predicted octanol–water partition coefficient (Wildman–Crippen LogP) is 8.58. The average Bonchev–Trinajstić information content (AvgIpc) is 3.72. The molecule has 0 saturated carbocycles. The van der Waals surface area contributed by atoms with Crippen molar-refractivity contribution < 1.29 is 23.9 Å². The van der Waals surface area contributed by atoms with Crippen molar-refractivity contribution in [3.63, 3.8) is 0 Å². The Morgan fingerprint density at radius 1 is 0.940 bits per heavy atom. The van der Waals surface area contributed by atoms with Gasteiger partial charge in [-0.1, -0.05) is 35.7 Å². The number of aliphatic imine (C=N–C) groups is 1. The number of methoxy groups -OCH3 is 2. The zero-order valence-electron chi connectivity index (χ0n) is 27.2. The Balaban J connectivity index is 1.05. The highest BCUT2D eigenvalue weighted by atomic mass is 32.2. The van der Waals surface area contributed by atoms with Gasteiger partial charge in [0.15, 0.2) is 20.2 Å². The van der Waals surface area contributed by atoms with Crippen LogP contribution in [0.25, 0.3) is 20.4 Å². The predicted molar refractivity (Wildman–Crippen MR) is 202 cm³/mol. The minimum Gasteiger partial charge on any atom is -0.494 e. The monoisotopic (exact) mass is 745 g/mol. The lowest BCUT2D eigenvalue weighted by Gasteiger charge is -2.10. The molecular weight excluding hydrogens is 715 g/mol. The number of thiazole rings is 2. The van der Waals surface area contributed by atoms with E-state index < -0.39 is 0 Å².